The second kappa shape index (κ2) is 7.78. The number of fused-ring (bicyclic) bond motifs is 1. The molecular weight excluding hydrogens is 483 g/mol. The lowest BCUT2D eigenvalue weighted by Gasteiger charge is -2.35. The fourth-order valence-electron chi connectivity index (χ4n) is 4.68. The van der Waals surface area contributed by atoms with E-state index >= 15 is 0 Å². The standard InChI is InChI=1S/C24H15Cl2F2N5O/c25-16-3-2-12(27)7-14(16)21-19-18(4-1-11-5-6-33(22(11)19)24(34)32-21)31-23-15-8-13(28)9-17(26)20(15)29-10-30-23/h1-4,7-10,21H,5-6H2,(H,32,34)(H,29,30,31). The summed E-state index contributed by atoms with van der Waals surface area (Å²) < 4.78 is 28.3. The summed E-state index contributed by atoms with van der Waals surface area (Å²) in [7, 11) is 0. The molecule has 1 aromatic heterocycles. The largest absolute Gasteiger partial charge is 0.339 e. The maximum absolute atomic E-state index is 14.2. The molecule has 2 aliphatic heterocycles. The van der Waals surface area contributed by atoms with Crippen LogP contribution in [-0.2, 0) is 6.42 Å². The van der Waals surface area contributed by atoms with Crippen LogP contribution in [0.15, 0.2) is 48.8 Å². The van der Waals surface area contributed by atoms with Gasteiger partial charge in [-0.3, -0.25) is 4.90 Å². The number of nitrogens with zero attached hydrogens (tertiary/aromatic N) is 3. The number of carbonyl (C=O) groups excluding carboxylic acids is 1. The van der Waals surface area contributed by atoms with E-state index < -0.39 is 17.7 Å². The van der Waals surface area contributed by atoms with Crippen molar-refractivity contribution in [3.63, 3.8) is 0 Å². The normalized spacial score (nSPS) is 16.5. The number of carbonyl (C=O) groups is 1. The molecule has 34 heavy (non-hydrogen) atoms. The molecule has 0 fully saturated rings. The molecular formula is C24H15Cl2F2N5O. The highest BCUT2D eigenvalue weighted by Crippen LogP contribution is 2.47. The first-order valence-electron chi connectivity index (χ1n) is 10.5. The van der Waals surface area contributed by atoms with Gasteiger partial charge in [0.1, 0.15) is 23.8 Å². The summed E-state index contributed by atoms with van der Waals surface area (Å²) in [5, 5.41) is 7.11. The van der Waals surface area contributed by atoms with Crippen LogP contribution in [0.5, 0.6) is 0 Å². The smallest absolute Gasteiger partial charge is 0.322 e. The zero-order valence-electron chi connectivity index (χ0n) is 17.4. The van der Waals surface area contributed by atoms with Crippen molar-refractivity contribution < 1.29 is 13.6 Å². The monoisotopic (exact) mass is 497 g/mol. The van der Waals surface area contributed by atoms with Crippen LogP contribution in [0, 0.1) is 11.6 Å². The molecule has 0 saturated carbocycles. The molecule has 2 N–H and O–H groups in total. The molecule has 1 unspecified atom stereocenters. The molecule has 3 aromatic carbocycles. The van der Waals surface area contributed by atoms with Gasteiger partial charge >= 0.3 is 6.03 Å². The zero-order chi connectivity index (χ0) is 23.6. The third-order valence-electron chi connectivity index (χ3n) is 6.16. The van der Waals surface area contributed by atoms with Gasteiger partial charge in [0, 0.05) is 33.8 Å². The van der Waals surface area contributed by atoms with E-state index in [0.717, 1.165) is 16.8 Å². The van der Waals surface area contributed by atoms with E-state index in [1.165, 1.54) is 36.7 Å². The van der Waals surface area contributed by atoms with Crippen LogP contribution in [0.4, 0.5) is 30.8 Å². The lowest BCUT2D eigenvalue weighted by atomic mass is 9.91. The average molecular weight is 498 g/mol. The predicted octanol–water partition coefficient (Wildman–Crippen LogP) is 6.13. The van der Waals surface area contributed by atoms with Gasteiger partial charge in [-0.05, 0) is 48.4 Å². The minimum absolute atomic E-state index is 0.165. The van der Waals surface area contributed by atoms with Crippen LogP contribution in [0.1, 0.15) is 22.7 Å². The Hall–Kier alpha value is -3.49. The molecule has 0 radical (unpaired) electrons. The van der Waals surface area contributed by atoms with Gasteiger partial charge in [-0.2, -0.15) is 0 Å². The van der Waals surface area contributed by atoms with Crippen molar-refractivity contribution in [3.8, 4) is 0 Å². The summed E-state index contributed by atoms with van der Waals surface area (Å²) in [5.74, 6) is -0.647. The fourth-order valence-corrected chi connectivity index (χ4v) is 5.16. The maximum atomic E-state index is 14.2. The maximum Gasteiger partial charge on any atom is 0.322 e. The highest BCUT2D eigenvalue weighted by Gasteiger charge is 2.39. The number of benzene rings is 3. The molecule has 0 bridgehead atoms. The number of hydrogen-bond donors (Lipinski definition) is 2. The van der Waals surface area contributed by atoms with Gasteiger partial charge in [0.15, 0.2) is 0 Å². The third-order valence-corrected chi connectivity index (χ3v) is 6.79. The van der Waals surface area contributed by atoms with Crippen molar-refractivity contribution in [2.45, 2.75) is 12.5 Å². The van der Waals surface area contributed by atoms with Gasteiger partial charge in [-0.25, -0.2) is 23.5 Å². The number of amides is 2. The second-order valence-corrected chi connectivity index (χ2v) is 8.93. The summed E-state index contributed by atoms with van der Waals surface area (Å²) in [4.78, 5) is 23.0. The van der Waals surface area contributed by atoms with Crippen LogP contribution >= 0.6 is 23.2 Å². The number of urea groups is 1. The van der Waals surface area contributed by atoms with E-state index in [0.29, 0.717) is 46.0 Å². The number of rotatable bonds is 3. The number of halogens is 4. The highest BCUT2D eigenvalue weighted by molar-refractivity contribution is 6.35. The van der Waals surface area contributed by atoms with E-state index in [4.69, 9.17) is 23.2 Å². The molecule has 1 atom stereocenters. The average Bonchev–Trinajstić information content (AvgIpc) is 3.24. The molecule has 6 rings (SSSR count). The molecule has 0 spiro atoms. The summed E-state index contributed by atoms with van der Waals surface area (Å²) in [5.41, 5.74) is 3.90. The van der Waals surface area contributed by atoms with Crippen LogP contribution in [0.3, 0.4) is 0 Å². The van der Waals surface area contributed by atoms with E-state index in [1.54, 1.807) is 4.90 Å². The minimum Gasteiger partial charge on any atom is -0.339 e. The van der Waals surface area contributed by atoms with Gasteiger partial charge in [0.2, 0.25) is 0 Å². The molecule has 0 saturated heterocycles. The Morgan fingerprint density at radius 2 is 1.88 bits per heavy atom. The predicted molar refractivity (Wildman–Crippen MR) is 127 cm³/mol. The molecule has 170 valence electrons. The van der Waals surface area contributed by atoms with E-state index in [1.807, 2.05) is 12.1 Å². The van der Waals surface area contributed by atoms with Crippen molar-refractivity contribution in [2.75, 3.05) is 16.8 Å². The summed E-state index contributed by atoms with van der Waals surface area (Å²) in [6.45, 7) is 0.526. The van der Waals surface area contributed by atoms with Gasteiger partial charge in [-0.15, -0.1) is 0 Å². The van der Waals surface area contributed by atoms with Crippen molar-refractivity contribution in [2.24, 2.45) is 0 Å². The lowest BCUT2D eigenvalue weighted by Crippen LogP contribution is -2.46. The van der Waals surface area contributed by atoms with Crippen molar-refractivity contribution >= 4 is 57.3 Å². The van der Waals surface area contributed by atoms with E-state index in [2.05, 4.69) is 20.6 Å². The van der Waals surface area contributed by atoms with Crippen molar-refractivity contribution in [1.29, 1.82) is 0 Å². The Kier molecular flexibility index (Phi) is 4.82. The van der Waals surface area contributed by atoms with Crippen LogP contribution in [-0.4, -0.2) is 22.5 Å². The SMILES string of the molecule is O=C1NC(c2cc(F)ccc2Cl)c2c(Nc3ncnc4c(Cl)cc(F)cc34)ccc3c2N1CC3. The fraction of sp³-hybridized carbons (Fsp3) is 0.125. The Morgan fingerprint density at radius 1 is 1.03 bits per heavy atom. The van der Waals surface area contributed by atoms with E-state index in [9.17, 15) is 13.6 Å². The number of anilines is 3. The Labute approximate surface area is 202 Å². The van der Waals surface area contributed by atoms with Gasteiger partial charge < -0.3 is 10.6 Å². The highest BCUT2D eigenvalue weighted by atomic mass is 35.5. The molecule has 0 aliphatic carbocycles. The summed E-state index contributed by atoms with van der Waals surface area (Å²) in [6.07, 6.45) is 2.03. The first kappa shape index (κ1) is 21.1. The quantitative estimate of drug-likeness (QED) is 0.357. The second-order valence-electron chi connectivity index (χ2n) is 8.12. The minimum atomic E-state index is -0.712. The van der Waals surface area contributed by atoms with Crippen LogP contribution in [0.25, 0.3) is 10.9 Å². The number of nitrogens with one attached hydrogen (secondary N) is 2. The van der Waals surface area contributed by atoms with Crippen LogP contribution in [0.2, 0.25) is 10.0 Å². The molecule has 2 aliphatic rings. The first-order valence-corrected chi connectivity index (χ1v) is 11.2. The molecule has 2 amide bonds. The van der Waals surface area contributed by atoms with Crippen LogP contribution < -0.4 is 15.5 Å². The zero-order valence-corrected chi connectivity index (χ0v) is 18.9. The van der Waals surface area contributed by atoms with Crippen molar-refractivity contribution in [3.05, 3.63) is 87.2 Å². The third kappa shape index (κ3) is 3.25. The Bertz CT molecular complexity index is 1510. The molecule has 3 heterocycles. The number of aromatic nitrogens is 2. The van der Waals surface area contributed by atoms with Gasteiger partial charge in [0.25, 0.3) is 0 Å². The van der Waals surface area contributed by atoms with Crippen molar-refractivity contribution in [1.82, 2.24) is 15.3 Å². The summed E-state index contributed by atoms with van der Waals surface area (Å²) in [6, 6.07) is 9.34. The van der Waals surface area contributed by atoms with E-state index in [-0.39, 0.29) is 11.1 Å². The number of hydrogen-bond acceptors (Lipinski definition) is 4. The summed E-state index contributed by atoms with van der Waals surface area (Å²) >= 11 is 12.6. The lowest BCUT2D eigenvalue weighted by molar-refractivity contribution is 0.243. The molecule has 10 heteroatoms. The molecule has 4 aromatic rings. The van der Waals surface area contributed by atoms with Gasteiger partial charge in [-0.1, -0.05) is 29.3 Å². The first-order chi connectivity index (χ1) is 16.4. The Balaban J connectivity index is 1.56. The topological polar surface area (TPSA) is 70.1 Å². The molecule has 6 nitrogen and oxygen atoms in total. The Morgan fingerprint density at radius 3 is 2.74 bits per heavy atom. The van der Waals surface area contributed by atoms with Gasteiger partial charge in [0.05, 0.1) is 22.3 Å².